The Kier molecular flexibility index (Phi) is 4.83. The second-order valence-electron chi connectivity index (χ2n) is 6.97. The molecule has 0 saturated carbocycles. The van der Waals surface area contributed by atoms with Gasteiger partial charge in [0.1, 0.15) is 18.1 Å². The van der Waals surface area contributed by atoms with Gasteiger partial charge in [-0.1, -0.05) is 17.3 Å². The molecule has 0 aliphatic heterocycles. The second-order valence-corrected chi connectivity index (χ2v) is 6.97. The Labute approximate surface area is 171 Å². The minimum absolute atomic E-state index is 0.0206. The smallest absolute Gasteiger partial charge is 0.339 e. The second kappa shape index (κ2) is 7.47. The van der Waals surface area contributed by atoms with Crippen LogP contribution in [-0.2, 0) is 11.3 Å². The van der Waals surface area contributed by atoms with E-state index in [2.05, 4.69) is 10.1 Å². The number of hydrogen-bond donors (Lipinski definition) is 1. The van der Waals surface area contributed by atoms with E-state index in [4.69, 9.17) is 19.4 Å². The fourth-order valence-electron chi connectivity index (χ4n) is 3.32. The first-order valence-electron chi connectivity index (χ1n) is 9.24. The fraction of sp³-hybridized carbons (Fsp3) is 0.182. The van der Waals surface area contributed by atoms with Crippen LogP contribution in [-0.4, -0.2) is 22.0 Å². The number of carbonyl (C=O) groups is 2. The highest BCUT2D eigenvalue weighted by atomic mass is 16.5. The lowest BCUT2D eigenvalue weighted by Crippen LogP contribution is -2.12. The van der Waals surface area contributed by atoms with Gasteiger partial charge in [0.05, 0.1) is 22.3 Å². The predicted octanol–water partition coefficient (Wildman–Crippen LogP) is 3.86. The number of fused-ring (bicyclic) bond motifs is 1. The summed E-state index contributed by atoms with van der Waals surface area (Å²) >= 11 is 0. The number of primary amides is 1. The third-order valence-corrected chi connectivity index (χ3v) is 4.74. The molecule has 1 aromatic carbocycles. The van der Waals surface area contributed by atoms with Crippen molar-refractivity contribution in [3.8, 4) is 11.3 Å². The van der Waals surface area contributed by atoms with Gasteiger partial charge >= 0.3 is 5.97 Å². The average molecular weight is 405 g/mol. The van der Waals surface area contributed by atoms with Crippen molar-refractivity contribution in [3.05, 3.63) is 70.3 Å². The van der Waals surface area contributed by atoms with E-state index in [0.29, 0.717) is 33.7 Å². The van der Waals surface area contributed by atoms with E-state index < -0.39 is 11.9 Å². The van der Waals surface area contributed by atoms with Gasteiger partial charge in [-0.2, -0.15) is 0 Å². The van der Waals surface area contributed by atoms with Gasteiger partial charge in [0.15, 0.2) is 0 Å². The van der Waals surface area contributed by atoms with Crippen LogP contribution in [0, 0.1) is 20.8 Å². The summed E-state index contributed by atoms with van der Waals surface area (Å²) in [5.74, 6) is 0.307. The van der Waals surface area contributed by atoms with Crippen LogP contribution in [0.3, 0.4) is 0 Å². The Morgan fingerprint density at radius 3 is 2.63 bits per heavy atom. The van der Waals surface area contributed by atoms with E-state index in [0.717, 1.165) is 11.3 Å². The van der Waals surface area contributed by atoms with Gasteiger partial charge in [0.2, 0.25) is 5.91 Å². The lowest BCUT2D eigenvalue weighted by atomic mass is 10.1. The summed E-state index contributed by atoms with van der Waals surface area (Å²) in [6.45, 7) is 5.37. The van der Waals surface area contributed by atoms with Crippen LogP contribution >= 0.6 is 0 Å². The van der Waals surface area contributed by atoms with Crippen LogP contribution in [0.5, 0.6) is 0 Å². The van der Waals surface area contributed by atoms with Crippen molar-refractivity contribution >= 4 is 23.0 Å². The molecule has 0 radical (unpaired) electrons. The molecule has 3 heterocycles. The minimum Gasteiger partial charge on any atom is -0.466 e. The number of nitrogens with two attached hydrogens (primary N) is 1. The zero-order valence-electron chi connectivity index (χ0n) is 16.7. The summed E-state index contributed by atoms with van der Waals surface area (Å²) in [5, 5.41) is 4.42. The van der Waals surface area contributed by atoms with Gasteiger partial charge in [-0.05, 0) is 50.6 Å². The van der Waals surface area contributed by atoms with Crippen LogP contribution in [0.4, 0.5) is 0 Å². The first-order chi connectivity index (χ1) is 14.3. The van der Waals surface area contributed by atoms with E-state index >= 15 is 0 Å². The number of pyridine rings is 1. The molecule has 0 fully saturated rings. The number of esters is 1. The fourth-order valence-corrected chi connectivity index (χ4v) is 3.32. The quantitative estimate of drug-likeness (QED) is 0.500. The van der Waals surface area contributed by atoms with E-state index in [1.165, 1.54) is 0 Å². The van der Waals surface area contributed by atoms with Gasteiger partial charge in [-0.15, -0.1) is 0 Å². The van der Waals surface area contributed by atoms with E-state index in [9.17, 15) is 9.59 Å². The lowest BCUT2D eigenvalue weighted by Gasteiger charge is -2.08. The number of furan rings is 1. The topological polar surface area (TPSA) is 121 Å². The maximum atomic E-state index is 12.9. The van der Waals surface area contributed by atoms with Crippen molar-refractivity contribution in [3.63, 3.8) is 0 Å². The average Bonchev–Trinajstić information content (AvgIpc) is 3.27. The third kappa shape index (κ3) is 3.55. The van der Waals surface area contributed by atoms with Crippen molar-refractivity contribution < 1.29 is 23.3 Å². The molecular formula is C22H19N3O5. The monoisotopic (exact) mass is 405 g/mol. The highest BCUT2D eigenvalue weighted by molar-refractivity contribution is 6.04. The summed E-state index contributed by atoms with van der Waals surface area (Å²) in [5.41, 5.74) is 8.64. The maximum absolute atomic E-state index is 12.9. The van der Waals surface area contributed by atoms with Crippen LogP contribution in [0.2, 0.25) is 0 Å². The zero-order chi connectivity index (χ0) is 21.4. The third-order valence-electron chi connectivity index (χ3n) is 4.74. The van der Waals surface area contributed by atoms with Crippen molar-refractivity contribution in [2.75, 3.05) is 0 Å². The van der Waals surface area contributed by atoms with Crippen molar-refractivity contribution in [2.45, 2.75) is 27.4 Å². The largest absolute Gasteiger partial charge is 0.466 e. The van der Waals surface area contributed by atoms with Crippen molar-refractivity contribution in [1.82, 2.24) is 10.1 Å². The van der Waals surface area contributed by atoms with Gasteiger partial charge in [-0.25, -0.2) is 9.78 Å². The van der Waals surface area contributed by atoms with E-state index in [1.807, 2.05) is 19.9 Å². The van der Waals surface area contributed by atoms with Crippen LogP contribution in [0.1, 0.15) is 43.5 Å². The van der Waals surface area contributed by atoms with Crippen LogP contribution in [0.15, 0.2) is 45.3 Å². The number of benzene rings is 1. The molecule has 152 valence electrons. The molecule has 0 spiro atoms. The Bertz CT molecular complexity index is 1290. The Morgan fingerprint density at radius 1 is 1.13 bits per heavy atom. The van der Waals surface area contributed by atoms with E-state index in [-0.39, 0.29) is 17.9 Å². The molecule has 4 rings (SSSR count). The number of ether oxygens (including phenoxy) is 1. The summed E-state index contributed by atoms with van der Waals surface area (Å²) in [6, 6.07) is 10.1. The highest BCUT2D eigenvalue weighted by Crippen LogP contribution is 2.30. The lowest BCUT2D eigenvalue weighted by molar-refractivity contribution is 0.0475. The molecule has 4 aromatic rings. The molecular weight excluding hydrogens is 386 g/mol. The molecule has 0 unspecified atom stereocenters. The summed E-state index contributed by atoms with van der Waals surface area (Å²) in [6.07, 6.45) is 0. The number of rotatable bonds is 5. The predicted molar refractivity (Wildman–Crippen MR) is 108 cm³/mol. The summed E-state index contributed by atoms with van der Waals surface area (Å²) in [4.78, 5) is 28.8. The van der Waals surface area contributed by atoms with E-state index in [1.54, 1.807) is 37.3 Å². The molecule has 8 nitrogen and oxygen atoms in total. The molecule has 0 aliphatic rings. The summed E-state index contributed by atoms with van der Waals surface area (Å²) < 4.78 is 16.4. The van der Waals surface area contributed by atoms with Gasteiger partial charge in [-0.3, -0.25) is 4.79 Å². The molecule has 0 saturated heterocycles. The van der Waals surface area contributed by atoms with Crippen LogP contribution < -0.4 is 5.73 Å². The number of carbonyl (C=O) groups excluding carboxylic acids is 2. The number of aromatic nitrogens is 2. The normalized spacial score (nSPS) is 11.0. The van der Waals surface area contributed by atoms with Gasteiger partial charge < -0.3 is 19.4 Å². The van der Waals surface area contributed by atoms with Crippen LogP contribution in [0.25, 0.3) is 22.4 Å². The Hall–Kier alpha value is -3.94. The molecule has 1 amide bonds. The molecule has 30 heavy (non-hydrogen) atoms. The van der Waals surface area contributed by atoms with Gasteiger partial charge in [0.25, 0.3) is 5.71 Å². The molecule has 3 aromatic heterocycles. The summed E-state index contributed by atoms with van der Waals surface area (Å²) in [7, 11) is 0. The number of nitrogens with zero attached hydrogens (tertiary/aromatic N) is 2. The molecule has 0 aliphatic carbocycles. The Morgan fingerprint density at radius 2 is 1.93 bits per heavy atom. The first-order valence-corrected chi connectivity index (χ1v) is 9.24. The van der Waals surface area contributed by atoms with Crippen molar-refractivity contribution in [2.24, 2.45) is 5.73 Å². The standard InChI is InChI=1S/C22H19N3O5/c1-11-7-16(13(3)29-11)18-9-17(19-12(2)25-30-21(19)24-18)22(27)28-10-14-5-4-6-15(8-14)20(23)26/h4-9H,10H2,1-3H3,(H2,23,26). The van der Waals surface area contributed by atoms with Gasteiger partial charge in [0, 0.05) is 11.1 Å². The highest BCUT2D eigenvalue weighted by Gasteiger charge is 2.22. The maximum Gasteiger partial charge on any atom is 0.339 e. The number of amides is 1. The first kappa shape index (κ1) is 19.4. The minimum atomic E-state index is -0.558. The zero-order valence-corrected chi connectivity index (χ0v) is 16.7. The molecule has 8 heteroatoms. The SMILES string of the molecule is Cc1cc(-c2cc(C(=O)OCc3cccc(C(N)=O)c3)c3c(C)noc3n2)c(C)o1. The molecule has 0 bridgehead atoms. The molecule has 0 atom stereocenters. The van der Waals surface area contributed by atoms with Crippen molar-refractivity contribution in [1.29, 1.82) is 0 Å². The molecule has 2 N–H and O–H groups in total. The number of aryl methyl sites for hydroxylation is 3. The Balaban J connectivity index is 1.69. The number of hydrogen-bond acceptors (Lipinski definition) is 7.